The van der Waals surface area contributed by atoms with Gasteiger partial charge in [0.25, 0.3) is 0 Å². The molecule has 28 heavy (non-hydrogen) atoms. The fourth-order valence-corrected chi connectivity index (χ4v) is 4.41. The first-order chi connectivity index (χ1) is 13.7. The molecule has 3 nitrogen and oxygen atoms in total. The molecule has 1 saturated heterocycles. The number of carbonyl (C=O) groups excluding carboxylic acids is 1. The Morgan fingerprint density at radius 3 is 2.39 bits per heavy atom. The Balaban J connectivity index is 1.47. The van der Waals surface area contributed by atoms with Crippen LogP contribution >= 0.6 is 23.4 Å². The minimum atomic E-state index is -0.0364. The quantitative estimate of drug-likeness (QED) is 0.591. The van der Waals surface area contributed by atoms with E-state index in [1.54, 1.807) is 11.8 Å². The molecule has 0 radical (unpaired) electrons. The molecular weight excluding hydrogens is 388 g/mol. The highest BCUT2D eigenvalue weighted by Gasteiger charge is 2.26. The molecule has 2 aromatic carbocycles. The van der Waals surface area contributed by atoms with Crippen molar-refractivity contribution in [2.75, 3.05) is 32.7 Å². The van der Waals surface area contributed by atoms with Crippen LogP contribution in [0, 0.1) is 0 Å². The Morgan fingerprint density at radius 2 is 1.75 bits per heavy atom. The van der Waals surface area contributed by atoms with Gasteiger partial charge in [-0.15, -0.1) is 11.8 Å². The van der Waals surface area contributed by atoms with E-state index in [1.165, 1.54) is 5.56 Å². The third kappa shape index (κ3) is 6.13. The van der Waals surface area contributed by atoms with Crippen LogP contribution in [-0.2, 0) is 4.79 Å². The summed E-state index contributed by atoms with van der Waals surface area (Å²) in [7, 11) is 0. The van der Waals surface area contributed by atoms with Gasteiger partial charge >= 0.3 is 0 Å². The normalized spacial score (nSPS) is 16.4. The second-order valence-corrected chi connectivity index (χ2v) is 8.62. The number of piperazine rings is 1. The van der Waals surface area contributed by atoms with E-state index in [-0.39, 0.29) is 11.2 Å². The zero-order valence-electron chi connectivity index (χ0n) is 16.3. The molecule has 0 spiro atoms. The van der Waals surface area contributed by atoms with Gasteiger partial charge < -0.3 is 4.90 Å². The van der Waals surface area contributed by atoms with Gasteiger partial charge in [-0.2, -0.15) is 0 Å². The molecule has 148 valence electrons. The topological polar surface area (TPSA) is 23.6 Å². The van der Waals surface area contributed by atoms with Crippen LogP contribution < -0.4 is 0 Å². The average Bonchev–Trinajstić information content (AvgIpc) is 2.74. The maximum Gasteiger partial charge on any atom is 0.236 e. The van der Waals surface area contributed by atoms with E-state index >= 15 is 0 Å². The second-order valence-electron chi connectivity index (χ2n) is 6.91. The minimum Gasteiger partial charge on any atom is -0.339 e. The zero-order chi connectivity index (χ0) is 19.8. The van der Waals surface area contributed by atoms with E-state index in [0.29, 0.717) is 0 Å². The lowest BCUT2D eigenvalue weighted by molar-refractivity contribution is -0.132. The van der Waals surface area contributed by atoms with E-state index in [9.17, 15) is 4.79 Å². The molecule has 0 saturated carbocycles. The van der Waals surface area contributed by atoms with Gasteiger partial charge in [-0.05, 0) is 36.2 Å². The molecule has 0 unspecified atom stereocenters. The average molecular weight is 415 g/mol. The van der Waals surface area contributed by atoms with E-state index < -0.39 is 0 Å². The standard InChI is InChI=1S/C23H27ClN2OS/c1-2-22(28-21-12-10-20(24)11-13-21)23(27)26-17-15-25(16-18-26)14-6-9-19-7-4-3-5-8-19/h3-13,22H,2,14-18H2,1H3/b9-6+/t22-/m1/s1. The summed E-state index contributed by atoms with van der Waals surface area (Å²) < 4.78 is 0. The van der Waals surface area contributed by atoms with Crippen molar-refractivity contribution < 1.29 is 4.79 Å². The number of thioether (sulfide) groups is 1. The van der Waals surface area contributed by atoms with Crippen molar-refractivity contribution in [2.24, 2.45) is 0 Å². The molecule has 0 aliphatic carbocycles. The summed E-state index contributed by atoms with van der Waals surface area (Å²) in [5, 5.41) is 0.687. The number of hydrogen-bond donors (Lipinski definition) is 0. The number of amides is 1. The molecule has 2 aromatic rings. The summed E-state index contributed by atoms with van der Waals surface area (Å²) in [5.41, 5.74) is 1.22. The molecule has 1 aliphatic rings. The van der Waals surface area contributed by atoms with Crippen LogP contribution in [0.4, 0.5) is 0 Å². The van der Waals surface area contributed by atoms with Crippen LogP contribution in [0.25, 0.3) is 6.08 Å². The lowest BCUT2D eigenvalue weighted by Crippen LogP contribution is -2.50. The highest BCUT2D eigenvalue weighted by molar-refractivity contribution is 8.00. The van der Waals surface area contributed by atoms with Crippen molar-refractivity contribution >= 4 is 35.3 Å². The predicted molar refractivity (Wildman–Crippen MR) is 120 cm³/mol. The number of nitrogens with zero attached hydrogens (tertiary/aromatic N) is 2. The van der Waals surface area contributed by atoms with Crippen molar-refractivity contribution in [2.45, 2.75) is 23.5 Å². The molecule has 1 amide bonds. The molecular formula is C23H27ClN2OS. The van der Waals surface area contributed by atoms with Crippen LogP contribution in [0.5, 0.6) is 0 Å². The first-order valence-electron chi connectivity index (χ1n) is 9.80. The maximum atomic E-state index is 13.0. The van der Waals surface area contributed by atoms with Gasteiger partial charge in [0.1, 0.15) is 0 Å². The summed E-state index contributed by atoms with van der Waals surface area (Å²) in [6.45, 7) is 6.45. The highest BCUT2D eigenvalue weighted by atomic mass is 35.5. The Kier molecular flexibility index (Phi) is 8.01. The van der Waals surface area contributed by atoms with Gasteiger partial charge in [-0.25, -0.2) is 0 Å². The van der Waals surface area contributed by atoms with Crippen molar-refractivity contribution in [3.05, 3.63) is 71.3 Å². The molecule has 1 atom stereocenters. The van der Waals surface area contributed by atoms with Crippen molar-refractivity contribution in [3.63, 3.8) is 0 Å². The summed E-state index contributed by atoms with van der Waals surface area (Å²) in [6, 6.07) is 18.1. The van der Waals surface area contributed by atoms with E-state index in [2.05, 4.69) is 48.2 Å². The van der Waals surface area contributed by atoms with Gasteiger partial charge in [0.15, 0.2) is 0 Å². The van der Waals surface area contributed by atoms with Gasteiger partial charge in [-0.1, -0.05) is 61.0 Å². The van der Waals surface area contributed by atoms with Crippen LogP contribution in [-0.4, -0.2) is 53.7 Å². The molecule has 1 aliphatic heterocycles. The van der Waals surface area contributed by atoms with E-state index in [1.807, 2.05) is 35.2 Å². The largest absolute Gasteiger partial charge is 0.339 e. The maximum absolute atomic E-state index is 13.0. The van der Waals surface area contributed by atoms with Crippen molar-refractivity contribution in [1.82, 2.24) is 9.80 Å². The fourth-order valence-electron chi connectivity index (χ4n) is 3.24. The first kappa shape index (κ1) is 21.0. The monoisotopic (exact) mass is 414 g/mol. The molecule has 0 bridgehead atoms. The Labute approximate surface area is 177 Å². The van der Waals surface area contributed by atoms with E-state index in [4.69, 9.17) is 11.6 Å². The SMILES string of the molecule is CC[C@@H](Sc1ccc(Cl)cc1)C(=O)N1CCN(C/C=C/c2ccccc2)CC1. The van der Waals surface area contributed by atoms with Gasteiger partial charge in [0.05, 0.1) is 5.25 Å². The predicted octanol–water partition coefficient (Wildman–Crippen LogP) is 5.07. The Hall–Kier alpha value is -1.75. The minimum absolute atomic E-state index is 0.0364. The number of halogens is 1. The fraction of sp³-hybridized carbons (Fsp3) is 0.348. The molecule has 5 heteroatoms. The molecule has 0 N–H and O–H groups in total. The zero-order valence-corrected chi connectivity index (χ0v) is 17.8. The summed E-state index contributed by atoms with van der Waals surface area (Å²) in [6.07, 6.45) is 5.19. The summed E-state index contributed by atoms with van der Waals surface area (Å²) >= 11 is 7.59. The molecule has 1 heterocycles. The van der Waals surface area contributed by atoms with Crippen LogP contribution in [0.2, 0.25) is 5.02 Å². The second kappa shape index (κ2) is 10.7. The van der Waals surface area contributed by atoms with E-state index in [0.717, 1.165) is 49.1 Å². The third-order valence-corrected chi connectivity index (χ3v) is 6.51. The third-order valence-electron chi connectivity index (χ3n) is 4.90. The van der Waals surface area contributed by atoms with Gasteiger partial charge in [0, 0.05) is 42.6 Å². The Bertz CT molecular complexity index is 771. The number of rotatable bonds is 7. The number of benzene rings is 2. The number of hydrogen-bond acceptors (Lipinski definition) is 3. The van der Waals surface area contributed by atoms with Gasteiger partial charge in [0.2, 0.25) is 5.91 Å². The van der Waals surface area contributed by atoms with Crippen molar-refractivity contribution in [3.8, 4) is 0 Å². The Morgan fingerprint density at radius 1 is 1.07 bits per heavy atom. The smallest absolute Gasteiger partial charge is 0.236 e. The molecule has 3 rings (SSSR count). The van der Waals surface area contributed by atoms with Crippen LogP contribution in [0.3, 0.4) is 0 Å². The molecule has 1 fully saturated rings. The molecule has 0 aromatic heterocycles. The lowest BCUT2D eigenvalue weighted by Gasteiger charge is -2.35. The van der Waals surface area contributed by atoms with Crippen molar-refractivity contribution in [1.29, 1.82) is 0 Å². The first-order valence-corrected chi connectivity index (χ1v) is 11.1. The van der Waals surface area contributed by atoms with Crippen LogP contribution in [0.15, 0.2) is 65.6 Å². The number of carbonyl (C=O) groups is 1. The summed E-state index contributed by atoms with van der Waals surface area (Å²) in [4.78, 5) is 18.5. The highest BCUT2D eigenvalue weighted by Crippen LogP contribution is 2.28. The lowest BCUT2D eigenvalue weighted by atomic mass is 10.2. The van der Waals surface area contributed by atoms with Crippen LogP contribution in [0.1, 0.15) is 18.9 Å². The van der Waals surface area contributed by atoms with Gasteiger partial charge in [-0.3, -0.25) is 9.69 Å². The summed E-state index contributed by atoms with van der Waals surface area (Å²) in [5.74, 6) is 0.252.